The predicted molar refractivity (Wildman–Crippen MR) is 158 cm³/mol. The molecule has 0 aliphatic carbocycles. The van der Waals surface area contributed by atoms with Gasteiger partial charge in [0.05, 0.1) is 24.7 Å². The van der Waals surface area contributed by atoms with Gasteiger partial charge in [-0.2, -0.15) is 13.2 Å². The third-order valence-corrected chi connectivity index (χ3v) is 7.34. The number of alkyl halides is 3. The maximum absolute atomic E-state index is 15.0. The van der Waals surface area contributed by atoms with Gasteiger partial charge in [0.2, 0.25) is 0 Å². The smallest absolute Gasteiger partial charge is 0.416 e. The highest BCUT2D eigenvalue weighted by Crippen LogP contribution is 2.33. The van der Waals surface area contributed by atoms with Gasteiger partial charge in [0.1, 0.15) is 17.1 Å². The molecule has 238 valence electrons. The Labute approximate surface area is 252 Å². The highest BCUT2D eigenvalue weighted by Gasteiger charge is 2.35. The standard InChI is InChI=1S/C31H37F4N5O4/c1-19-16-38(15-14-36-19)26-20(2)39(17-22-23(31(33,34)35)12-9-13-24(22)32)29(43)40(27(26)41)18-25(21-10-7-6-8-11-21)37-28(42)44-30(3,4)5/h6-13,19,25,36H,14-18H2,1-5H3,(H,37,42)/t19-,25-/m0/s1. The Hall–Kier alpha value is -4.13. The van der Waals surface area contributed by atoms with Gasteiger partial charge in [-0.05, 0) is 52.3 Å². The van der Waals surface area contributed by atoms with Gasteiger partial charge in [0.25, 0.3) is 5.56 Å². The van der Waals surface area contributed by atoms with E-state index in [9.17, 15) is 31.9 Å². The second-order valence-electron chi connectivity index (χ2n) is 11.9. The summed E-state index contributed by atoms with van der Waals surface area (Å²) in [5.41, 5.74) is -3.60. The fourth-order valence-electron chi connectivity index (χ4n) is 5.33. The average Bonchev–Trinajstić information content (AvgIpc) is 2.92. The molecule has 1 aromatic heterocycles. The Morgan fingerprint density at radius 1 is 1.07 bits per heavy atom. The largest absolute Gasteiger partial charge is 0.444 e. The molecule has 0 unspecified atom stereocenters. The molecule has 0 saturated carbocycles. The van der Waals surface area contributed by atoms with E-state index in [1.807, 2.05) is 6.92 Å². The molecular weight excluding hydrogens is 582 g/mol. The van der Waals surface area contributed by atoms with Gasteiger partial charge >= 0.3 is 18.0 Å². The minimum atomic E-state index is -4.88. The Bertz CT molecular complexity index is 1610. The molecule has 44 heavy (non-hydrogen) atoms. The number of rotatable bonds is 7. The van der Waals surface area contributed by atoms with Crippen LogP contribution in [0, 0.1) is 12.7 Å². The number of carbonyl (C=O) groups is 1. The SMILES string of the molecule is Cc1c(N2CCN[C@@H](C)C2)c(=O)n(C[C@H](NC(=O)OC(C)(C)C)c2ccccc2)c(=O)n1Cc1c(F)cccc1C(F)(F)F. The van der Waals surface area contributed by atoms with Crippen molar-refractivity contribution in [3.8, 4) is 0 Å². The van der Waals surface area contributed by atoms with E-state index in [1.54, 1.807) is 56.0 Å². The molecule has 0 radical (unpaired) electrons. The number of ether oxygens (including phenoxy) is 1. The minimum Gasteiger partial charge on any atom is -0.444 e. The highest BCUT2D eigenvalue weighted by molar-refractivity contribution is 5.68. The zero-order valence-electron chi connectivity index (χ0n) is 25.3. The molecule has 4 rings (SSSR count). The second kappa shape index (κ2) is 12.8. The zero-order chi connectivity index (χ0) is 32.4. The van der Waals surface area contributed by atoms with Crippen LogP contribution in [0.3, 0.4) is 0 Å². The number of hydrogen-bond acceptors (Lipinski definition) is 6. The molecule has 1 saturated heterocycles. The lowest BCUT2D eigenvalue weighted by Crippen LogP contribution is -2.53. The highest BCUT2D eigenvalue weighted by atomic mass is 19.4. The van der Waals surface area contributed by atoms with Crippen molar-refractivity contribution in [1.82, 2.24) is 19.8 Å². The first-order chi connectivity index (χ1) is 20.6. The monoisotopic (exact) mass is 619 g/mol. The quantitative estimate of drug-likeness (QED) is 0.376. The van der Waals surface area contributed by atoms with Crippen LogP contribution in [0.1, 0.15) is 56.1 Å². The van der Waals surface area contributed by atoms with E-state index >= 15 is 0 Å². The van der Waals surface area contributed by atoms with Crippen molar-refractivity contribution in [3.63, 3.8) is 0 Å². The number of nitrogens with zero attached hydrogens (tertiary/aromatic N) is 3. The molecule has 2 N–H and O–H groups in total. The first-order valence-electron chi connectivity index (χ1n) is 14.3. The molecular formula is C31H37F4N5O4. The molecule has 9 nitrogen and oxygen atoms in total. The van der Waals surface area contributed by atoms with E-state index in [4.69, 9.17) is 4.74 Å². The van der Waals surface area contributed by atoms with Crippen LogP contribution in [0.4, 0.5) is 28.0 Å². The predicted octanol–water partition coefficient (Wildman–Crippen LogP) is 4.59. The van der Waals surface area contributed by atoms with Crippen LogP contribution in [0.2, 0.25) is 0 Å². The summed E-state index contributed by atoms with van der Waals surface area (Å²) in [6.45, 7) is 8.62. The van der Waals surface area contributed by atoms with Crippen LogP contribution < -0.4 is 26.8 Å². The zero-order valence-corrected chi connectivity index (χ0v) is 25.3. The first-order valence-corrected chi connectivity index (χ1v) is 14.3. The molecule has 3 aromatic rings. The van der Waals surface area contributed by atoms with Crippen molar-refractivity contribution in [1.29, 1.82) is 0 Å². The van der Waals surface area contributed by atoms with E-state index in [0.717, 1.165) is 27.3 Å². The molecule has 13 heteroatoms. The number of nitrogens with one attached hydrogen (secondary N) is 2. The lowest BCUT2D eigenvalue weighted by molar-refractivity contribution is -0.138. The van der Waals surface area contributed by atoms with E-state index in [2.05, 4.69) is 10.6 Å². The van der Waals surface area contributed by atoms with Crippen LogP contribution >= 0.6 is 0 Å². The number of halogens is 4. The number of hydrogen-bond donors (Lipinski definition) is 2. The lowest BCUT2D eigenvalue weighted by Gasteiger charge is -2.35. The van der Waals surface area contributed by atoms with Gasteiger partial charge in [-0.15, -0.1) is 0 Å². The van der Waals surface area contributed by atoms with Gasteiger partial charge in [-0.1, -0.05) is 36.4 Å². The number of carbonyl (C=O) groups excluding carboxylic acids is 1. The first kappa shape index (κ1) is 32.8. The molecule has 2 aromatic carbocycles. The van der Waals surface area contributed by atoms with Crippen molar-refractivity contribution in [2.24, 2.45) is 0 Å². The Morgan fingerprint density at radius 3 is 2.36 bits per heavy atom. The van der Waals surface area contributed by atoms with E-state index < -0.39 is 58.7 Å². The van der Waals surface area contributed by atoms with Crippen molar-refractivity contribution < 1.29 is 27.1 Å². The van der Waals surface area contributed by atoms with E-state index in [1.165, 1.54) is 6.92 Å². The summed E-state index contributed by atoms with van der Waals surface area (Å²) in [5.74, 6) is -1.13. The van der Waals surface area contributed by atoms with E-state index in [0.29, 0.717) is 25.2 Å². The fraction of sp³-hybridized carbons (Fsp3) is 0.452. The molecule has 2 heterocycles. The lowest BCUT2D eigenvalue weighted by atomic mass is 10.1. The van der Waals surface area contributed by atoms with Gasteiger partial charge in [0.15, 0.2) is 0 Å². The van der Waals surface area contributed by atoms with Crippen LogP contribution in [-0.2, 0) is 24.0 Å². The van der Waals surface area contributed by atoms with Crippen LogP contribution in [-0.4, -0.2) is 46.5 Å². The summed E-state index contributed by atoms with van der Waals surface area (Å²) < 4.78 is 64.0. The average molecular weight is 620 g/mol. The summed E-state index contributed by atoms with van der Waals surface area (Å²) in [7, 11) is 0. The number of anilines is 1. The molecule has 0 spiro atoms. The number of benzene rings is 2. The van der Waals surface area contributed by atoms with Crippen molar-refractivity contribution in [2.45, 2.75) is 71.6 Å². The summed E-state index contributed by atoms with van der Waals surface area (Å²) >= 11 is 0. The maximum atomic E-state index is 15.0. The van der Waals surface area contributed by atoms with Crippen molar-refractivity contribution >= 4 is 11.8 Å². The summed E-state index contributed by atoms with van der Waals surface area (Å²) in [5, 5.41) is 5.99. The Balaban J connectivity index is 1.90. The topological polar surface area (TPSA) is 97.6 Å². The normalized spacial score (nSPS) is 16.5. The van der Waals surface area contributed by atoms with Gasteiger partial charge in [0, 0.05) is 36.9 Å². The van der Waals surface area contributed by atoms with Crippen molar-refractivity contribution in [2.75, 3.05) is 24.5 Å². The second-order valence-corrected chi connectivity index (χ2v) is 11.9. The van der Waals surface area contributed by atoms with Crippen LogP contribution in [0.15, 0.2) is 58.1 Å². The summed E-state index contributed by atoms with van der Waals surface area (Å²) in [6.07, 6.45) is -5.67. The number of piperazine rings is 1. The van der Waals surface area contributed by atoms with Crippen molar-refractivity contribution in [3.05, 3.63) is 97.6 Å². The van der Waals surface area contributed by atoms with Crippen LogP contribution in [0.25, 0.3) is 0 Å². The summed E-state index contributed by atoms with van der Waals surface area (Å²) in [6, 6.07) is 10.3. The van der Waals surface area contributed by atoms with Gasteiger partial charge in [-0.3, -0.25) is 13.9 Å². The molecule has 1 aliphatic rings. The van der Waals surface area contributed by atoms with E-state index in [-0.39, 0.29) is 24.0 Å². The summed E-state index contributed by atoms with van der Waals surface area (Å²) in [4.78, 5) is 42.7. The molecule has 1 fully saturated rings. The van der Waals surface area contributed by atoms with Crippen LogP contribution in [0.5, 0.6) is 0 Å². The van der Waals surface area contributed by atoms with Gasteiger partial charge in [-0.25, -0.2) is 14.0 Å². The van der Waals surface area contributed by atoms with Gasteiger partial charge < -0.3 is 20.3 Å². The maximum Gasteiger partial charge on any atom is 0.416 e. The minimum absolute atomic E-state index is 0.0225. The number of alkyl carbamates (subject to hydrolysis) is 1. The molecule has 1 amide bonds. The molecule has 2 atom stereocenters. The third-order valence-electron chi connectivity index (χ3n) is 7.34. The number of amides is 1. The Morgan fingerprint density at radius 2 is 1.75 bits per heavy atom. The fourth-order valence-corrected chi connectivity index (χ4v) is 5.33. The Kier molecular flexibility index (Phi) is 9.57. The number of aromatic nitrogens is 2. The molecule has 0 bridgehead atoms. The molecule has 1 aliphatic heterocycles. The third kappa shape index (κ3) is 7.50.